The number of halogens is 1. The zero-order valence-electron chi connectivity index (χ0n) is 9.39. The number of carbonyl (C=O) groups excluding carboxylic acids is 2. The molecular formula is C12H10FN3O2. The van der Waals surface area contributed by atoms with Crippen LogP contribution in [-0.2, 0) is 9.59 Å². The van der Waals surface area contributed by atoms with Crippen LogP contribution in [0.15, 0.2) is 18.2 Å². The normalized spacial score (nSPS) is 18.8. The highest BCUT2D eigenvalue weighted by Gasteiger charge is 2.36. The van der Waals surface area contributed by atoms with Gasteiger partial charge in [0.05, 0.1) is 17.2 Å². The SMILES string of the molecule is N#Cc1cccc(F)c1N1CC(C(N)=O)CC1=O. The van der Waals surface area contributed by atoms with E-state index in [-0.39, 0.29) is 24.2 Å². The predicted molar refractivity (Wildman–Crippen MR) is 60.8 cm³/mol. The number of nitriles is 1. The van der Waals surface area contributed by atoms with E-state index in [4.69, 9.17) is 11.0 Å². The van der Waals surface area contributed by atoms with Crippen LogP contribution in [0.1, 0.15) is 12.0 Å². The summed E-state index contributed by atoms with van der Waals surface area (Å²) in [6.07, 6.45) is -0.0471. The summed E-state index contributed by atoms with van der Waals surface area (Å²) in [5.74, 6) is -2.29. The van der Waals surface area contributed by atoms with Crippen LogP contribution in [0.2, 0.25) is 0 Å². The van der Waals surface area contributed by atoms with Gasteiger partial charge in [-0.25, -0.2) is 4.39 Å². The van der Waals surface area contributed by atoms with Gasteiger partial charge in [0, 0.05) is 13.0 Å². The molecule has 1 aliphatic heterocycles. The first-order valence-corrected chi connectivity index (χ1v) is 5.33. The van der Waals surface area contributed by atoms with Crippen LogP contribution in [0.25, 0.3) is 0 Å². The van der Waals surface area contributed by atoms with E-state index in [1.807, 2.05) is 6.07 Å². The molecule has 18 heavy (non-hydrogen) atoms. The second kappa shape index (κ2) is 4.45. The van der Waals surface area contributed by atoms with Crippen molar-refractivity contribution in [3.63, 3.8) is 0 Å². The van der Waals surface area contributed by atoms with Crippen LogP contribution in [0.4, 0.5) is 10.1 Å². The highest BCUT2D eigenvalue weighted by atomic mass is 19.1. The molecule has 1 heterocycles. The van der Waals surface area contributed by atoms with Gasteiger partial charge in [-0.1, -0.05) is 6.07 Å². The molecule has 5 nitrogen and oxygen atoms in total. The molecule has 2 amide bonds. The summed E-state index contributed by atoms with van der Waals surface area (Å²) >= 11 is 0. The maximum atomic E-state index is 13.7. The minimum absolute atomic E-state index is 0.0176. The smallest absolute Gasteiger partial charge is 0.227 e. The molecule has 1 aliphatic rings. The first kappa shape index (κ1) is 12.0. The molecule has 0 bridgehead atoms. The number of primary amides is 1. The fourth-order valence-corrected chi connectivity index (χ4v) is 1.99. The minimum Gasteiger partial charge on any atom is -0.369 e. The highest BCUT2D eigenvalue weighted by Crippen LogP contribution is 2.30. The molecule has 0 radical (unpaired) electrons. The Labute approximate surface area is 103 Å². The first-order valence-electron chi connectivity index (χ1n) is 5.33. The van der Waals surface area contributed by atoms with E-state index in [2.05, 4.69) is 0 Å². The zero-order chi connectivity index (χ0) is 13.3. The van der Waals surface area contributed by atoms with Crippen LogP contribution < -0.4 is 10.6 Å². The molecule has 0 aliphatic carbocycles. The zero-order valence-corrected chi connectivity index (χ0v) is 9.39. The lowest BCUT2D eigenvalue weighted by molar-refractivity contribution is -0.123. The summed E-state index contributed by atoms with van der Waals surface area (Å²) in [7, 11) is 0. The van der Waals surface area contributed by atoms with Gasteiger partial charge in [0.15, 0.2) is 0 Å². The van der Waals surface area contributed by atoms with Crippen LogP contribution in [0.5, 0.6) is 0 Å². The van der Waals surface area contributed by atoms with Crippen molar-refractivity contribution in [3.05, 3.63) is 29.6 Å². The third kappa shape index (κ3) is 1.91. The third-order valence-electron chi connectivity index (χ3n) is 2.90. The topological polar surface area (TPSA) is 87.2 Å². The van der Waals surface area contributed by atoms with E-state index in [1.165, 1.54) is 18.2 Å². The molecule has 0 spiro atoms. The van der Waals surface area contributed by atoms with Gasteiger partial charge in [0.25, 0.3) is 0 Å². The molecule has 1 atom stereocenters. The number of rotatable bonds is 2. The van der Waals surface area contributed by atoms with Crippen molar-refractivity contribution >= 4 is 17.5 Å². The summed E-state index contributed by atoms with van der Waals surface area (Å²) < 4.78 is 13.7. The number of hydrogen-bond donors (Lipinski definition) is 1. The number of benzene rings is 1. The summed E-state index contributed by atoms with van der Waals surface area (Å²) in [5.41, 5.74) is 5.12. The monoisotopic (exact) mass is 247 g/mol. The van der Waals surface area contributed by atoms with Crippen molar-refractivity contribution in [2.45, 2.75) is 6.42 Å². The molecule has 0 saturated carbocycles. The summed E-state index contributed by atoms with van der Waals surface area (Å²) in [6.45, 7) is 0.0176. The number of para-hydroxylation sites is 1. The molecule has 1 fully saturated rings. The lowest BCUT2D eigenvalue weighted by atomic mass is 10.1. The van der Waals surface area contributed by atoms with Crippen molar-refractivity contribution in [2.24, 2.45) is 11.7 Å². The largest absolute Gasteiger partial charge is 0.369 e. The lowest BCUT2D eigenvalue weighted by Crippen LogP contribution is -2.29. The summed E-state index contributed by atoms with van der Waals surface area (Å²) in [5, 5.41) is 8.92. The second-order valence-electron chi connectivity index (χ2n) is 4.06. The number of amides is 2. The van der Waals surface area contributed by atoms with Gasteiger partial charge in [0.2, 0.25) is 11.8 Å². The van der Waals surface area contributed by atoms with E-state index in [1.54, 1.807) is 0 Å². The molecule has 0 aromatic heterocycles. The van der Waals surface area contributed by atoms with E-state index >= 15 is 0 Å². The van der Waals surface area contributed by atoms with Crippen molar-refractivity contribution in [1.29, 1.82) is 5.26 Å². The Kier molecular flexibility index (Phi) is 2.98. The molecular weight excluding hydrogens is 237 g/mol. The van der Waals surface area contributed by atoms with Crippen molar-refractivity contribution in [2.75, 3.05) is 11.4 Å². The Bertz CT molecular complexity index is 565. The molecule has 1 aromatic rings. The average Bonchev–Trinajstić information content (AvgIpc) is 2.71. The maximum absolute atomic E-state index is 13.7. The molecule has 6 heteroatoms. The van der Waals surface area contributed by atoms with Crippen LogP contribution >= 0.6 is 0 Å². The fourth-order valence-electron chi connectivity index (χ4n) is 1.99. The number of anilines is 1. The third-order valence-corrected chi connectivity index (χ3v) is 2.90. The van der Waals surface area contributed by atoms with Gasteiger partial charge >= 0.3 is 0 Å². The van der Waals surface area contributed by atoms with Crippen molar-refractivity contribution < 1.29 is 14.0 Å². The van der Waals surface area contributed by atoms with E-state index in [0.29, 0.717) is 0 Å². The van der Waals surface area contributed by atoms with Gasteiger partial charge in [-0.15, -0.1) is 0 Å². The summed E-state index contributed by atoms with van der Waals surface area (Å²) in [4.78, 5) is 23.9. The minimum atomic E-state index is -0.660. The fraction of sp³-hybridized carbons (Fsp3) is 0.250. The van der Waals surface area contributed by atoms with Gasteiger partial charge in [-0.05, 0) is 12.1 Å². The van der Waals surface area contributed by atoms with Crippen molar-refractivity contribution in [1.82, 2.24) is 0 Å². The number of carbonyl (C=O) groups is 2. The van der Waals surface area contributed by atoms with Gasteiger partial charge in [-0.2, -0.15) is 5.26 Å². The highest BCUT2D eigenvalue weighted by molar-refractivity contribution is 6.01. The van der Waals surface area contributed by atoms with E-state index < -0.39 is 23.5 Å². The molecule has 1 unspecified atom stereocenters. The molecule has 2 rings (SSSR count). The van der Waals surface area contributed by atoms with Crippen LogP contribution in [-0.4, -0.2) is 18.4 Å². The maximum Gasteiger partial charge on any atom is 0.227 e. The first-order chi connectivity index (χ1) is 8.54. The molecule has 92 valence electrons. The van der Waals surface area contributed by atoms with E-state index in [0.717, 1.165) is 4.90 Å². The molecule has 1 aromatic carbocycles. The Morgan fingerprint density at radius 1 is 1.56 bits per heavy atom. The Balaban J connectivity index is 2.42. The van der Waals surface area contributed by atoms with Crippen LogP contribution in [0.3, 0.4) is 0 Å². The Hall–Kier alpha value is -2.42. The molecule has 1 saturated heterocycles. The van der Waals surface area contributed by atoms with Gasteiger partial charge in [-0.3, -0.25) is 9.59 Å². The van der Waals surface area contributed by atoms with E-state index in [9.17, 15) is 14.0 Å². The summed E-state index contributed by atoms with van der Waals surface area (Å²) in [6, 6.07) is 5.81. The van der Waals surface area contributed by atoms with Gasteiger partial charge < -0.3 is 10.6 Å². The quantitative estimate of drug-likeness (QED) is 0.827. The number of hydrogen-bond acceptors (Lipinski definition) is 3. The Morgan fingerprint density at radius 3 is 2.83 bits per heavy atom. The average molecular weight is 247 g/mol. The second-order valence-corrected chi connectivity index (χ2v) is 4.06. The number of nitrogens with zero attached hydrogens (tertiary/aromatic N) is 2. The van der Waals surface area contributed by atoms with Crippen LogP contribution in [0, 0.1) is 23.1 Å². The van der Waals surface area contributed by atoms with Crippen molar-refractivity contribution in [3.8, 4) is 6.07 Å². The Morgan fingerprint density at radius 2 is 2.28 bits per heavy atom. The lowest BCUT2D eigenvalue weighted by Gasteiger charge is -2.18. The standard InChI is InChI=1S/C12H10FN3O2/c13-9-3-1-2-7(5-14)11(9)16-6-8(12(15)18)4-10(16)17/h1-3,8H,4,6H2,(H2,15,18). The number of nitrogens with two attached hydrogens (primary N) is 1. The van der Waals surface area contributed by atoms with Gasteiger partial charge in [0.1, 0.15) is 11.9 Å². The predicted octanol–water partition coefficient (Wildman–Crippen LogP) is 0.536. The molecule has 2 N–H and O–H groups in total.